The Balaban J connectivity index is 1.69. The van der Waals surface area contributed by atoms with Crippen molar-refractivity contribution in [2.24, 2.45) is 5.10 Å². The molecule has 7 nitrogen and oxygen atoms in total. The number of nitrogens with zero attached hydrogens (tertiary/aromatic N) is 3. The van der Waals surface area contributed by atoms with Crippen molar-refractivity contribution in [3.8, 4) is 5.75 Å². The fourth-order valence-electron chi connectivity index (χ4n) is 2.33. The number of anilines is 1. The second-order valence-electron chi connectivity index (χ2n) is 5.73. The molecule has 0 aliphatic heterocycles. The maximum Gasteiger partial charge on any atom is 0.313 e. The van der Waals surface area contributed by atoms with Gasteiger partial charge in [0.25, 0.3) is 0 Å². The Kier molecular flexibility index (Phi) is 7.99. The zero-order valence-corrected chi connectivity index (χ0v) is 21.2. The van der Waals surface area contributed by atoms with Crippen LogP contribution in [0.15, 0.2) is 59.8 Å². The number of hydrogen-bond donors (Lipinski definition) is 1. The maximum absolute atomic E-state index is 11.0. The summed E-state index contributed by atoms with van der Waals surface area (Å²) in [6.45, 7) is 0.487. The van der Waals surface area contributed by atoms with Crippen LogP contribution < -0.4 is 10.2 Å². The van der Waals surface area contributed by atoms with Crippen LogP contribution in [-0.4, -0.2) is 16.1 Å². The summed E-state index contributed by atoms with van der Waals surface area (Å²) in [5.74, 6) is 0.908. The molecule has 1 N–H and O–H groups in total. The molecule has 3 rings (SSSR count). The first-order chi connectivity index (χ1) is 13.9. The van der Waals surface area contributed by atoms with Crippen molar-refractivity contribution < 1.29 is 9.66 Å². The third-order valence-electron chi connectivity index (χ3n) is 3.68. The fraction of sp³-hybridized carbons (Fsp3) is 0.0526. The summed E-state index contributed by atoms with van der Waals surface area (Å²) in [6, 6.07) is 14.9. The van der Waals surface area contributed by atoms with Gasteiger partial charge < -0.3 is 4.74 Å². The molecule has 0 bridgehead atoms. The van der Waals surface area contributed by atoms with Crippen molar-refractivity contribution in [2.45, 2.75) is 6.61 Å². The molecule has 3 aromatic rings. The number of benzene rings is 2. The molecule has 0 aliphatic carbocycles. The van der Waals surface area contributed by atoms with Gasteiger partial charge in [-0.1, -0.05) is 12.1 Å². The Bertz CT molecular complexity index is 1040. The molecule has 0 unspecified atom stereocenters. The smallest absolute Gasteiger partial charge is 0.313 e. The minimum Gasteiger partial charge on any atom is -0.487 e. The Morgan fingerprint density at radius 2 is 1.83 bits per heavy atom. The van der Waals surface area contributed by atoms with Crippen LogP contribution in [0, 0.1) is 20.8 Å². The van der Waals surface area contributed by atoms with E-state index in [9.17, 15) is 10.1 Å². The van der Waals surface area contributed by atoms with E-state index in [1.54, 1.807) is 6.21 Å². The third kappa shape index (κ3) is 6.21. The van der Waals surface area contributed by atoms with E-state index < -0.39 is 4.92 Å². The van der Waals surface area contributed by atoms with Crippen molar-refractivity contribution in [3.05, 3.63) is 86.7 Å². The number of hydrogen-bond acceptors (Lipinski definition) is 6. The van der Waals surface area contributed by atoms with Gasteiger partial charge in [0.05, 0.1) is 18.3 Å². The molecule has 1 aromatic heterocycles. The van der Waals surface area contributed by atoms with Gasteiger partial charge in [-0.3, -0.25) is 15.5 Å². The van der Waals surface area contributed by atoms with E-state index in [-0.39, 0.29) is 11.5 Å². The number of hydrazone groups is 1. The number of nitro groups is 1. The van der Waals surface area contributed by atoms with Crippen LogP contribution in [0.4, 0.5) is 11.5 Å². The highest BCUT2D eigenvalue weighted by molar-refractivity contribution is 14.1. The predicted molar refractivity (Wildman–Crippen MR) is 137 cm³/mol. The summed E-state index contributed by atoms with van der Waals surface area (Å²) in [5.41, 5.74) is 4.44. The van der Waals surface area contributed by atoms with E-state index in [4.69, 9.17) is 4.74 Å². The number of aromatic nitrogens is 1. The molecular formula is C19H13I3N4O3. The third-order valence-corrected chi connectivity index (χ3v) is 6.01. The van der Waals surface area contributed by atoms with Crippen LogP contribution in [0.2, 0.25) is 0 Å². The Labute approximate surface area is 207 Å². The predicted octanol–water partition coefficient (Wildman–Crippen LogP) is 5.83. The molecule has 0 fully saturated rings. The lowest BCUT2D eigenvalue weighted by atomic mass is 10.2. The molecule has 0 amide bonds. The molecular weight excluding hydrogens is 713 g/mol. The topological polar surface area (TPSA) is 89.7 Å². The zero-order valence-electron chi connectivity index (χ0n) is 14.7. The minimum absolute atomic E-state index is 0.0932. The van der Waals surface area contributed by atoms with Crippen LogP contribution in [0.1, 0.15) is 11.1 Å². The lowest BCUT2D eigenvalue weighted by Gasteiger charge is -2.11. The van der Waals surface area contributed by atoms with Crippen molar-refractivity contribution in [1.29, 1.82) is 0 Å². The Hall–Kier alpha value is -1.55. The molecule has 2 aromatic carbocycles. The van der Waals surface area contributed by atoms with Crippen molar-refractivity contribution in [3.63, 3.8) is 0 Å². The van der Waals surface area contributed by atoms with E-state index in [0.717, 1.165) is 24.0 Å². The first kappa shape index (κ1) is 22.1. The molecule has 0 spiro atoms. The van der Waals surface area contributed by atoms with Gasteiger partial charge in [0.15, 0.2) is 0 Å². The zero-order chi connectivity index (χ0) is 20.8. The van der Waals surface area contributed by atoms with Gasteiger partial charge in [-0.15, -0.1) is 0 Å². The van der Waals surface area contributed by atoms with E-state index in [0.29, 0.717) is 6.61 Å². The second kappa shape index (κ2) is 10.5. The van der Waals surface area contributed by atoms with Crippen molar-refractivity contribution >= 4 is 85.5 Å². The first-order valence-electron chi connectivity index (χ1n) is 8.19. The van der Waals surface area contributed by atoms with Crippen molar-refractivity contribution in [2.75, 3.05) is 5.43 Å². The molecule has 0 aliphatic rings. The SMILES string of the molecule is O=[N+]([O-])c1cccnc1N/N=C\c1cc(I)c(OCc2ccc(I)cc2)c(I)c1. The van der Waals surface area contributed by atoms with Crippen LogP contribution in [0.5, 0.6) is 5.75 Å². The van der Waals surface area contributed by atoms with Crippen LogP contribution in [-0.2, 0) is 6.61 Å². The summed E-state index contributed by atoms with van der Waals surface area (Å²) < 4.78 is 9.08. The number of nitrogens with one attached hydrogen (secondary N) is 1. The normalized spacial score (nSPS) is 10.9. The van der Waals surface area contributed by atoms with Crippen LogP contribution >= 0.6 is 67.8 Å². The largest absolute Gasteiger partial charge is 0.487 e. The van der Waals surface area contributed by atoms with Gasteiger partial charge in [-0.05, 0) is 109 Å². The monoisotopic (exact) mass is 726 g/mol. The summed E-state index contributed by atoms with van der Waals surface area (Å²) >= 11 is 6.72. The lowest BCUT2D eigenvalue weighted by Crippen LogP contribution is -2.01. The van der Waals surface area contributed by atoms with Gasteiger partial charge in [0.2, 0.25) is 5.82 Å². The summed E-state index contributed by atoms with van der Waals surface area (Å²) in [7, 11) is 0. The van der Waals surface area contributed by atoms with Crippen LogP contribution in [0.3, 0.4) is 0 Å². The number of halogens is 3. The second-order valence-corrected chi connectivity index (χ2v) is 9.30. The minimum atomic E-state index is -0.503. The molecule has 0 saturated carbocycles. The fourth-order valence-corrected chi connectivity index (χ4v) is 4.81. The standard InChI is InChI=1S/C19H13I3N4O3/c20-14-5-3-12(4-6-14)11-29-18-15(21)8-13(9-16(18)22)10-24-25-19-17(26(27)28)2-1-7-23-19/h1-10H,11H2,(H,23,25)/b24-10-. The van der Waals surface area contributed by atoms with Gasteiger partial charge in [0, 0.05) is 15.8 Å². The van der Waals surface area contributed by atoms with Crippen LogP contribution in [0.25, 0.3) is 0 Å². The van der Waals surface area contributed by atoms with Gasteiger partial charge in [-0.2, -0.15) is 5.10 Å². The van der Waals surface area contributed by atoms with E-state index in [2.05, 4.69) is 83.3 Å². The Morgan fingerprint density at radius 1 is 1.14 bits per heavy atom. The van der Waals surface area contributed by atoms with Gasteiger partial charge >= 0.3 is 5.69 Å². The van der Waals surface area contributed by atoms with Gasteiger partial charge in [-0.25, -0.2) is 4.98 Å². The Morgan fingerprint density at radius 3 is 2.48 bits per heavy atom. The van der Waals surface area contributed by atoms with E-state index >= 15 is 0 Å². The quantitative estimate of drug-likeness (QED) is 0.143. The average Bonchev–Trinajstić information content (AvgIpc) is 2.69. The highest BCUT2D eigenvalue weighted by Gasteiger charge is 2.13. The molecule has 0 atom stereocenters. The maximum atomic E-state index is 11.0. The van der Waals surface area contributed by atoms with E-state index in [1.165, 1.54) is 21.9 Å². The average molecular weight is 726 g/mol. The van der Waals surface area contributed by atoms with Gasteiger partial charge in [0.1, 0.15) is 12.4 Å². The van der Waals surface area contributed by atoms with E-state index in [1.807, 2.05) is 36.4 Å². The number of pyridine rings is 1. The first-order valence-corrected chi connectivity index (χ1v) is 11.4. The number of ether oxygens (including phenoxy) is 1. The highest BCUT2D eigenvalue weighted by atomic mass is 127. The highest BCUT2D eigenvalue weighted by Crippen LogP contribution is 2.29. The molecule has 0 saturated heterocycles. The molecule has 10 heteroatoms. The molecule has 148 valence electrons. The molecule has 1 heterocycles. The summed E-state index contributed by atoms with van der Waals surface area (Å²) in [6.07, 6.45) is 3.06. The molecule has 29 heavy (non-hydrogen) atoms. The van der Waals surface area contributed by atoms with Crippen molar-refractivity contribution in [1.82, 2.24) is 4.98 Å². The lowest BCUT2D eigenvalue weighted by molar-refractivity contribution is -0.384. The molecule has 0 radical (unpaired) electrons. The number of rotatable bonds is 7. The summed E-state index contributed by atoms with van der Waals surface area (Å²) in [5, 5.41) is 15.1. The summed E-state index contributed by atoms with van der Waals surface area (Å²) in [4.78, 5) is 14.5.